The smallest absolute Gasteiger partial charge is 0.305 e. The maximum atomic E-state index is 11.9. The number of carboxylic acid groups (broad SMARTS) is 1. The van der Waals surface area contributed by atoms with Crippen LogP contribution in [0.3, 0.4) is 0 Å². The van der Waals surface area contributed by atoms with Gasteiger partial charge >= 0.3 is 5.97 Å². The summed E-state index contributed by atoms with van der Waals surface area (Å²) in [6, 6.07) is 3.13. The lowest BCUT2D eigenvalue weighted by atomic mass is 10.0. The van der Waals surface area contributed by atoms with E-state index in [0.29, 0.717) is 18.7 Å². The van der Waals surface area contributed by atoms with Crippen molar-refractivity contribution in [3.05, 3.63) is 23.8 Å². The quantitative estimate of drug-likeness (QED) is 0.641. The molecule has 0 saturated carbocycles. The summed E-state index contributed by atoms with van der Waals surface area (Å²) in [7, 11) is 0. The molecule has 1 heterocycles. The summed E-state index contributed by atoms with van der Waals surface area (Å²) in [6.07, 6.45) is -0.291. The van der Waals surface area contributed by atoms with Gasteiger partial charge in [-0.2, -0.15) is 0 Å². The van der Waals surface area contributed by atoms with Gasteiger partial charge < -0.3 is 20.6 Å². The summed E-state index contributed by atoms with van der Waals surface area (Å²) < 4.78 is 0. The number of nitrogens with zero attached hydrogens (tertiary/aromatic N) is 1. The highest BCUT2D eigenvalue weighted by atomic mass is 16.4. The Balaban J connectivity index is 2.27. The molecule has 1 aliphatic heterocycles. The molecule has 1 fully saturated rings. The summed E-state index contributed by atoms with van der Waals surface area (Å²) in [4.78, 5) is 24.6. The van der Waals surface area contributed by atoms with Gasteiger partial charge in [0.25, 0.3) is 0 Å². The first-order valence-corrected chi connectivity index (χ1v) is 6.66. The number of carboxylic acids is 1. The third-order valence-corrected chi connectivity index (χ3v) is 3.64. The fraction of sp³-hybridized carbons (Fsp3) is 0.429. The number of hydrogen-bond acceptors (Lipinski definition) is 5. The molecule has 0 spiro atoms. The normalized spacial score (nSPS) is 20.8. The van der Waals surface area contributed by atoms with Crippen LogP contribution in [0.25, 0.3) is 0 Å². The molecular formula is C14H18N2O5. The number of benzene rings is 1. The van der Waals surface area contributed by atoms with Gasteiger partial charge in [0.15, 0.2) is 0 Å². The average Bonchev–Trinajstić information content (AvgIpc) is 2.38. The van der Waals surface area contributed by atoms with E-state index in [1.54, 1.807) is 4.90 Å². The van der Waals surface area contributed by atoms with Crippen molar-refractivity contribution in [2.24, 2.45) is 0 Å². The maximum absolute atomic E-state index is 11.9. The van der Waals surface area contributed by atoms with E-state index in [2.05, 4.69) is 5.32 Å². The first-order valence-electron chi connectivity index (χ1n) is 6.66. The van der Waals surface area contributed by atoms with Crippen LogP contribution in [0.4, 0.5) is 0 Å². The Morgan fingerprint density at radius 3 is 2.57 bits per heavy atom. The Morgan fingerprint density at radius 1 is 1.38 bits per heavy atom. The van der Waals surface area contributed by atoms with E-state index in [1.165, 1.54) is 18.2 Å². The Labute approximate surface area is 121 Å². The van der Waals surface area contributed by atoms with Crippen molar-refractivity contribution in [3.8, 4) is 11.5 Å². The first kappa shape index (κ1) is 15.1. The van der Waals surface area contributed by atoms with Gasteiger partial charge in [-0.05, 0) is 24.6 Å². The standard InChI is InChI=1S/C14H18N2O5/c1-8(9-4-10(17)6-11(18)5-9)16-3-2-15-14(21)12(16)7-13(19)20/h4-6,8,12,17-18H,2-3,7H2,1H3,(H,15,21)(H,19,20). The molecule has 2 rings (SSSR count). The van der Waals surface area contributed by atoms with E-state index >= 15 is 0 Å². The predicted octanol–water partition coefficient (Wildman–Crippen LogP) is 0.434. The lowest BCUT2D eigenvalue weighted by Crippen LogP contribution is -2.56. The number of piperazine rings is 1. The fourth-order valence-electron chi connectivity index (χ4n) is 2.62. The third kappa shape index (κ3) is 3.43. The van der Waals surface area contributed by atoms with E-state index < -0.39 is 12.0 Å². The van der Waals surface area contributed by atoms with Crippen molar-refractivity contribution in [1.29, 1.82) is 0 Å². The highest BCUT2D eigenvalue weighted by Crippen LogP contribution is 2.30. The van der Waals surface area contributed by atoms with Gasteiger partial charge in [0.2, 0.25) is 5.91 Å². The van der Waals surface area contributed by atoms with Crippen molar-refractivity contribution in [3.63, 3.8) is 0 Å². The first-order chi connectivity index (χ1) is 9.88. The summed E-state index contributed by atoms with van der Waals surface area (Å²) in [6.45, 7) is 2.74. The van der Waals surface area contributed by atoms with Crippen LogP contribution in [-0.2, 0) is 9.59 Å². The number of phenols is 2. The van der Waals surface area contributed by atoms with Crippen molar-refractivity contribution in [2.45, 2.75) is 25.4 Å². The van der Waals surface area contributed by atoms with Crippen molar-refractivity contribution >= 4 is 11.9 Å². The molecule has 1 aromatic carbocycles. The van der Waals surface area contributed by atoms with Gasteiger partial charge in [-0.1, -0.05) is 0 Å². The zero-order chi connectivity index (χ0) is 15.6. The molecule has 0 aliphatic carbocycles. The monoisotopic (exact) mass is 294 g/mol. The van der Waals surface area contributed by atoms with Gasteiger partial charge in [0, 0.05) is 25.2 Å². The number of aliphatic carboxylic acids is 1. The Hall–Kier alpha value is -2.28. The van der Waals surface area contributed by atoms with Gasteiger partial charge in [-0.3, -0.25) is 14.5 Å². The van der Waals surface area contributed by atoms with Crippen molar-refractivity contribution < 1.29 is 24.9 Å². The summed E-state index contributed by atoms with van der Waals surface area (Å²) in [5.74, 6) is -1.52. The molecule has 21 heavy (non-hydrogen) atoms. The second kappa shape index (κ2) is 6.01. The zero-order valence-corrected chi connectivity index (χ0v) is 11.6. The highest BCUT2D eigenvalue weighted by molar-refractivity contribution is 5.86. The molecular weight excluding hydrogens is 276 g/mol. The summed E-state index contributed by atoms with van der Waals surface area (Å²) in [5.41, 5.74) is 0.623. The number of aromatic hydroxyl groups is 2. The lowest BCUT2D eigenvalue weighted by Gasteiger charge is -2.38. The molecule has 0 bridgehead atoms. The van der Waals surface area contributed by atoms with E-state index in [1.807, 2.05) is 6.92 Å². The molecule has 4 N–H and O–H groups in total. The van der Waals surface area contributed by atoms with Crippen LogP contribution < -0.4 is 5.32 Å². The number of carbonyl (C=O) groups is 2. The second-order valence-electron chi connectivity index (χ2n) is 5.10. The van der Waals surface area contributed by atoms with E-state index in [4.69, 9.17) is 5.11 Å². The van der Waals surface area contributed by atoms with Gasteiger partial charge in [-0.25, -0.2) is 0 Å². The van der Waals surface area contributed by atoms with Crippen LogP contribution >= 0.6 is 0 Å². The summed E-state index contributed by atoms with van der Waals surface area (Å²) in [5, 5.41) is 30.7. The van der Waals surface area contributed by atoms with Crippen LogP contribution in [-0.4, -0.2) is 51.2 Å². The molecule has 0 aromatic heterocycles. The van der Waals surface area contributed by atoms with Gasteiger partial charge in [-0.15, -0.1) is 0 Å². The van der Waals surface area contributed by atoms with Crippen LogP contribution in [0.5, 0.6) is 11.5 Å². The molecule has 0 radical (unpaired) electrons. The minimum absolute atomic E-state index is 0.0758. The van der Waals surface area contributed by atoms with Crippen LogP contribution in [0, 0.1) is 0 Å². The predicted molar refractivity (Wildman–Crippen MR) is 73.9 cm³/mol. The largest absolute Gasteiger partial charge is 0.508 e. The molecule has 1 aliphatic rings. The Kier molecular flexibility index (Phi) is 4.32. The number of nitrogens with one attached hydrogen (secondary N) is 1. The molecule has 7 nitrogen and oxygen atoms in total. The Bertz CT molecular complexity index is 540. The molecule has 7 heteroatoms. The van der Waals surface area contributed by atoms with Crippen LogP contribution in [0.15, 0.2) is 18.2 Å². The second-order valence-corrected chi connectivity index (χ2v) is 5.10. The van der Waals surface area contributed by atoms with Crippen molar-refractivity contribution in [2.75, 3.05) is 13.1 Å². The maximum Gasteiger partial charge on any atom is 0.305 e. The van der Waals surface area contributed by atoms with Crippen LogP contribution in [0.1, 0.15) is 24.9 Å². The molecule has 2 atom stereocenters. The molecule has 1 amide bonds. The third-order valence-electron chi connectivity index (χ3n) is 3.64. The number of phenolic OH excluding ortho intramolecular Hbond substituents is 2. The Morgan fingerprint density at radius 2 is 2.00 bits per heavy atom. The molecule has 1 aromatic rings. The van der Waals surface area contributed by atoms with Gasteiger partial charge in [0.1, 0.15) is 17.5 Å². The van der Waals surface area contributed by atoms with Crippen molar-refractivity contribution in [1.82, 2.24) is 10.2 Å². The highest BCUT2D eigenvalue weighted by Gasteiger charge is 2.34. The molecule has 114 valence electrons. The fourth-order valence-corrected chi connectivity index (χ4v) is 2.62. The number of hydrogen-bond donors (Lipinski definition) is 4. The zero-order valence-electron chi connectivity index (χ0n) is 11.6. The average molecular weight is 294 g/mol. The number of rotatable bonds is 4. The number of amides is 1. The topological polar surface area (TPSA) is 110 Å². The van der Waals surface area contributed by atoms with Crippen LogP contribution in [0.2, 0.25) is 0 Å². The molecule has 1 saturated heterocycles. The van der Waals surface area contributed by atoms with Gasteiger partial charge in [0.05, 0.1) is 6.42 Å². The SMILES string of the molecule is CC(c1cc(O)cc(O)c1)N1CCNC(=O)C1CC(=O)O. The number of carbonyl (C=O) groups excluding carboxylic acids is 1. The minimum Gasteiger partial charge on any atom is -0.508 e. The molecule has 2 unspecified atom stereocenters. The summed E-state index contributed by atoms with van der Waals surface area (Å²) >= 11 is 0. The van der Waals surface area contributed by atoms with E-state index in [-0.39, 0.29) is 29.9 Å². The van der Waals surface area contributed by atoms with E-state index in [9.17, 15) is 19.8 Å². The lowest BCUT2D eigenvalue weighted by molar-refractivity contribution is -0.143. The minimum atomic E-state index is -1.05. The van der Waals surface area contributed by atoms with E-state index in [0.717, 1.165) is 0 Å².